The van der Waals surface area contributed by atoms with E-state index in [-0.39, 0.29) is 0 Å². The first-order chi connectivity index (χ1) is 4.20. The van der Waals surface area contributed by atoms with Gasteiger partial charge in [-0.1, -0.05) is 23.3 Å². The third-order valence-corrected chi connectivity index (χ3v) is 2.10. The van der Waals surface area contributed by atoms with E-state index in [4.69, 9.17) is 0 Å². The lowest BCUT2D eigenvalue weighted by atomic mass is 9.91. The minimum absolute atomic E-state index is 1.14. The fourth-order valence-electron chi connectivity index (χ4n) is 1.19. The summed E-state index contributed by atoms with van der Waals surface area (Å²) < 4.78 is 0. The summed E-state index contributed by atoms with van der Waals surface area (Å²) in [5.74, 6) is 0. The molecular weight excluding hydrogens is 108 g/mol. The first kappa shape index (κ1) is 6.60. The van der Waals surface area contributed by atoms with Crippen molar-refractivity contribution in [1.29, 1.82) is 0 Å². The standard InChI is InChI=1S/C9H14/c1-7-4-5-8(2)9(3)6-7/h1,4-6H2,2-3H3. The Morgan fingerprint density at radius 3 is 2.22 bits per heavy atom. The van der Waals surface area contributed by atoms with Crippen LogP contribution in [0.25, 0.3) is 0 Å². The van der Waals surface area contributed by atoms with Gasteiger partial charge < -0.3 is 0 Å². The summed E-state index contributed by atoms with van der Waals surface area (Å²) in [4.78, 5) is 0. The van der Waals surface area contributed by atoms with E-state index in [1.54, 1.807) is 5.57 Å². The summed E-state index contributed by atoms with van der Waals surface area (Å²) >= 11 is 0. The van der Waals surface area contributed by atoms with Crippen molar-refractivity contribution in [3.8, 4) is 0 Å². The van der Waals surface area contributed by atoms with E-state index >= 15 is 0 Å². The maximum absolute atomic E-state index is 3.96. The summed E-state index contributed by atoms with van der Waals surface area (Å²) in [6.45, 7) is 8.40. The number of hydrogen-bond donors (Lipinski definition) is 0. The largest absolute Gasteiger partial charge is 0.0995 e. The van der Waals surface area contributed by atoms with Gasteiger partial charge in [-0.2, -0.15) is 0 Å². The number of hydrogen-bond acceptors (Lipinski definition) is 0. The molecule has 0 spiro atoms. The van der Waals surface area contributed by atoms with Crippen molar-refractivity contribution in [3.05, 3.63) is 23.3 Å². The minimum atomic E-state index is 1.14. The lowest BCUT2D eigenvalue weighted by Crippen LogP contribution is -1.95. The molecule has 1 aliphatic rings. The monoisotopic (exact) mass is 122 g/mol. The predicted octanol–water partition coefficient (Wildman–Crippen LogP) is 3.06. The highest BCUT2D eigenvalue weighted by Crippen LogP contribution is 2.26. The van der Waals surface area contributed by atoms with Crippen LogP contribution in [0.3, 0.4) is 0 Å². The summed E-state index contributed by atoms with van der Waals surface area (Å²) in [6.07, 6.45) is 3.60. The van der Waals surface area contributed by atoms with Gasteiger partial charge in [0.05, 0.1) is 0 Å². The van der Waals surface area contributed by atoms with E-state index in [1.165, 1.54) is 24.0 Å². The molecule has 0 saturated carbocycles. The molecule has 0 aromatic carbocycles. The Balaban J connectivity index is 2.72. The highest BCUT2D eigenvalue weighted by atomic mass is 14.1. The molecule has 0 aliphatic heterocycles. The van der Waals surface area contributed by atoms with Gasteiger partial charge in [0.15, 0.2) is 0 Å². The highest BCUT2D eigenvalue weighted by molar-refractivity contribution is 5.22. The lowest BCUT2D eigenvalue weighted by Gasteiger charge is -2.15. The Kier molecular flexibility index (Phi) is 1.75. The average Bonchev–Trinajstić information content (AvgIpc) is 1.80. The maximum Gasteiger partial charge on any atom is -0.0111 e. The molecule has 1 rings (SSSR count). The Bertz CT molecular complexity index is 161. The highest BCUT2D eigenvalue weighted by Gasteiger charge is 2.06. The minimum Gasteiger partial charge on any atom is -0.0995 e. The van der Waals surface area contributed by atoms with E-state index in [0.717, 1.165) is 6.42 Å². The first-order valence-corrected chi connectivity index (χ1v) is 3.52. The zero-order chi connectivity index (χ0) is 6.85. The normalized spacial score (nSPS) is 20.9. The molecule has 50 valence electrons. The van der Waals surface area contributed by atoms with Crippen molar-refractivity contribution in [3.63, 3.8) is 0 Å². The van der Waals surface area contributed by atoms with Gasteiger partial charge in [-0.3, -0.25) is 0 Å². The van der Waals surface area contributed by atoms with E-state index in [0.29, 0.717) is 0 Å². The first-order valence-electron chi connectivity index (χ1n) is 3.52. The van der Waals surface area contributed by atoms with Crippen molar-refractivity contribution < 1.29 is 0 Å². The van der Waals surface area contributed by atoms with Crippen LogP contribution >= 0.6 is 0 Å². The fraction of sp³-hybridized carbons (Fsp3) is 0.556. The van der Waals surface area contributed by atoms with Crippen LogP contribution in [-0.4, -0.2) is 0 Å². The molecular formula is C9H14. The summed E-state index contributed by atoms with van der Waals surface area (Å²) in [5.41, 5.74) is 4.51. The van der Waals surface area contributed by atoms with Crippen LogP contribution < -0.4 is 0 Å². The summed E-state index contributed by atoms with van der Waals surface area (Å²) in [5, 5.41) is 0. The van der Waals surface area contributed by atoms with Crippen LogP contribution in [0.15, 0.2) is 23.3 Å². The molecule has 0 bridgehead atoms. The van der Waals surface area contributed by atoms with E-state index in [2.05, 4.69) is 20.4 Å². The molecule has 0 nitrogen and oxygen atoms in total. The molecule has 0 amide bonds. The van der Waals surface area contributed by atoms with E-state index in [9.17, 15) is 0 Å². The summed E-state index contributed by atoms with van der Waals surface area (Å²) in [6, 6.07) is 0. The molecule has 0 heterocycles. The topological polar surface area (TPSA) is 0 Å². The molecule has 0 fully saturated rings. The lowest BCUT2D eigenvalue weighted by molar-refractivity contribution is 0.816. The Morgan fingerprint density at radius 2 is 1.78 bits per heavy atom. The smallest absolute Gasteiger partial charge is 0.0111 e. The molecule has 1 aliphatic carbocycles. The molecule has 0 aromatic heterocycles. The Morgan fingerprint density at radius 1 is 1.11 bits per heavy atom. The third-order valence-electron chi connectivity index (χ3n) is 2.10. The molecule has 9 heavy (non-hydrogen) atoms. The van der Waals surface area contributed by atoms with Crippen LogP contribution in [0.1, 0.15) is 33.1 Å². The van der Waals surface area contributed by atoms with Gasteiger partial charge in [0.2, 0.25) is 0 Å². The second-order valence-electron chi connectivity index (χ2n) is 2.99. The van der Waals surface area contributed by atoms with Gasteiger partial charge >= 0.3 is 0 Å². The fourth-order valence-corrected chi connectivity index (χ4v) is 1.19. The van der Waals surface area contributed by atoms with Crippen LogP contribution in [0.2, 0.25) is 0 Å². The number of allylic oxidation sites excluding steroid dienone is 3. The molecule has 0 saturated heterocycles. The molecule has 0 unspecified atom stereocenters. The Labute approximate surface area is 57.3 Å². The summed E-state index contributed by atoms with van der Waals surface area (Å²) in [7, 11) is 0. The van der Waals surface area contributed by atoms with Gasteiger partial charge in [-0.15, -0.1) is 0 Å². The van der Waals surface area contributed by atoms with Gasteiger partial charge in [0.25, 0.3) is 0 Å². The van der Waals surface area contributed by atoms with Gasteiger partial charge in [0.1, 0.15) is 0 Å². The van der Waals surface area contributed by atoms with Gasteiger partial charge in [-0.25, -0.2) is 0 Å². The van der Waals surface area contributed by atoms with Crippen molar-refractivity contribution in [2.45, 2.75) is 33.1 Å². The molecule has 0 aromatic rings. The van der Waals surface area contributed by atoms with Crippen molar-refractivity contribution >= 4 is 0 Å². The average molecular weight is 122 g/mol. The van der Waals surface area contributed by atoms with Crippen LogP contribution in [0.4, 0.5) is 0 Å². The zero-order valence-corrected chi connectivity index (χ0v) is 6.33. The third kappa shape index (κ3) is 1.44. The van der Waals surface area contributed by atoms with Gasteiger partial charge in [-0.05, 0) is 33.1 Å². The van der Waals surface area contributed by atoms with Crippen LogP contribution in [-0.2, 0) is 0 Å². The maximum atomic E-state index is 3.96. The van der Waals surface area contributed by atoms with Crippen LogP contribution in [0, 0.1) is 0 Å². The SMILES string of the molecule is C=C1CCC(C)=C(C)C1. The van der Waals surface area contributed by atoms with Crippen LogP contribution in [0.5, 0.6) is 0 Å². The molecule has 0 heteroatoms. The van der Waals surface area contributed by atoms with E-state index in [1.807, 2.05) is 0 Å². The molecule has 0 N–H and O–H groups in total. The van der Waals surface area contributed by atoms with E-state index < -0.39 is 0 Å². The molecule has 0 radical (unpaired) electrons. The second kappa shape index (κ2) is 2.38. The zero-order valence-electron chi connectivity index (χ0n) is 6.33. The van der Waals surface area contributed by atoms with Crippen molar-refractivity contribution in [2.75, 3.05) is 0 Å². The molecule has 0 atom stereocenters. The predicted molar refractivity (Wildman–Crippen MR) is 41.4 cm³/mol. The van der Waals surface area contributed by atoms with Crippen molar-refractivity contribution in [2.24, 2.45) is 0 Å². The Hall–Kier alpha value is -0.520. The quantitative estimate of drug-likeness (QED) is 0.433. The van der Waals surface area contributed by atoms with Crippen molar-refractivity contribution in [1.82, 2.24) is 0 Å². The number of rotatable bonds is 0. The second-order valence-corrected chi connectivity index (χ2v) is 2.99. The van der Waals surface area contributed by atoms with Gasteiger partial charge in [0, 0.05) is 0 Å².